The first-order valence-corrected chi connectivity index (χ1v) is 8.73. The summed E-state index contributed by atoms with van der Waals surface area (Å²) in [6, 6.07) is 7.87. The molecule has 2 unspecified atom stereocenters. The topological polar surface area (TPSA) is 78.6 Å². The highest BCUT2D eigenvalue weighted by Gasteiger charge is 2.45. The van der Waals surface area contributed by atoms with Gasteiger partial charge in [0.25, 0.3) is 0 Å². The Morgan fingerprint density at radius 2 is 1.85 bits per heavy atom. The van der Waals surface area contributed by atoms with Crippen molar-refractivity contribution in [3.05, 3.63) is 63.9 Å². The molecule has 0 spiro atoms. The van der Waals surface area contributed by atoms with Crippen molar-refractivity contribution in [1.82, 2.24) is 0 Å². The molecule has 5 nitrogen and oxygen atoms in total. The molecule has 142 valence electrons. The van der Waals surface area contributed by atoms with Gasteiger partial charge in [-0.1, -0.05) is 11.6 Å². The molecular weight excluding hydrogens is 373 g/mol. The van der Waals surface area contributed by atoms with Crippen molar-refractivity contribution < 1.29 is 23.5 Å². The van der Waals surface area contributed by atoms with Crippen molar-refractivity contribution in [2.75, 3.05) is 0 Å². The van der Waals surface area contributed by atoms with Crippen LogP contribution in [0, 0.1) is 5.82 Å². The molecule has 0 fully saturated rings. The maximum atomic E-state index is 13.3. The number of ether oxygens (including phenoxy) is 2. The molecule has 3 rings (SSSR count). The number of benzene rings is 2. The lowest BCUT2D eigenvalue weighted by Crippen LogP contribution is -2.53. The Bertz CT molecular complexity index is 928. The molecule has 7 heteroatoms. The van der Waals surface area contributed by atoms with Crippen LogP contribution in [-0.4, -0.2) is 23.5 Å². The predicted octanol–water partition coefficient (Wildman–Crippen LogP) is 4.08. The lowest BCUT2D eigenvalue weighted by molar-refractivity contribution is -0.0726. The van der Waals surface area contributed by atoms with Gasteiger partial charge >= 0.3 is 5.97 Å². The van der Waals surface area contributed by atoms with Crippen molar-refractivity contribution in [2.45, 2.75) is 38.5 Å². The second kappa shape index (κ2) is 6.94. The molecule has 0 aliphatic carbocycles. The van der Waals surface area contributed by atoms with E-state index in [-0.39, 0.29) is 16.4 Å². The van der Waals surface area contributed by atoms with Gasteiger partial charge in [-0.3, -0.25) is 4.79 Å². The monoisotopic (exact) mass is 391 g/mol. The van der Waals surface area contributed by atoms with E-state index in [1.807, 2.05) is 0 Å². The van der Waals surface area contributed by atoms with E-state index in [0.717, 1.165) is 6.07 Å². The molecule has 1 heterocycles. The second-order valence-electron chi connectivity index (χ2n) is 6.99. The third-order valence-electron chi connectivity index (χ3n) is 4.55. The van der Waals surface area contributed by atoms with Gasteiger partial charge < -0.3 is 15.2 Å². The molecule has 2 atom stereocenters. The van der Waals surface area contributed by atoms with E-state index in [0.29, 0.717) is 16.9 Å². The van der Waals surface area contributed by atoms with Crippen LogP contribution in [-0.2, 0) is 4.74 Å². The molecule has 1 aliphatic heterocycles. The SMILES string of the molecule is CC(=O)c1ccc2c(c1)C(N)C(OC(=O)c1ccc(F)c(Cl)c1)C(C)(C)O2. The zero-order valence-electron chi connectivity index (χ0n) is 15.1. The highest BCUT2D eigenvalue weighted by Crippen LogP contribution is 2.41. The molecule has 0 bridgehead atoms. The van der Waals surface area contributed by atoms with Crippen LogP contribution in [0.15, 0.2) is 36.4 Å². The van der Waals surface area contributed by atoms with Crippen molar-refractivity contribution in [3.8, 4) is 5.75 Å². The fraction of sp³-hybridized carbons (Fsp3) is 0.300. The lowest BCUT2D eigenvalue weighted by atomic mass is 9.86. The van der Waals surface area contributed by atoms with Gasteiger partial charge in [-0.05, 0) is 57.2 Å². The minimum Gasteiger partial charge on any atom is -0.484 e. The number of nitrogens with two attached hydrogens (primary N) is 1. The summed E-state index contributed by atoms with van der Waals surface area (Å²) in [5.41, 5.74) is 6.62. The third kappa shape index (κ3) is 3.68. The van der Waals surface area contributed by atoms with Gasteiger partial charge in [0, 0.05) is 11.1 Å². The molecule has 2 aromatic carbocycles. The summed E-state index contributed by atoms with van der Waals surface area (Å²) in [6.45, 7) is 4.96. The molecule has 0 saturated carbocycles. The number of carbonyl (C=O) groups excluding carboxylic acids is 2. The minimum atomic E-state index is -0.913. The van der Waals surface area contributed by atoms with Gasteiger partial charge in [0.1, 0.15) is 17.2 Å². The van der Waals surface area contributed by atoms with Crippen molar-refractivity contribution in [3.63, 3.8) is 0 Å². The summed E-state index contributed by atoms with van der Waals surface area (Å²) in [4.78, 5) is 24.2. The number of hydrogen-bond acceptors (Lipinski definition) is 5. The Morgan fingerprint density at radius 3 is 2.48 bits per heavy atom. The van der Waals surface area contributed by atoms with Crippen LogP contribution >= 0.6 is 11.6 Å². The molecular formula is C20H19ClFNO4. The summed E-state index contributed by atoms with van der Waals surface area (Å²) in [5.74, 6) is -0.893. The van der Waals surface area contributed by atoms with E-state index >= 15 is 0 Å². The lowest BCUT2D eigenvalue weighted by Gasteiger charge is -2.42. The van der Waals surface area contributed by atoms with E-state index in [4.69, 9.17) is 26.8 Å². The van der Waals surface area contributed by atoms with Crippen molar-refractivity contribution in [1.29, 1.82) is 0 Å². The van der Waals surface area contributed by atoms with Gasteiger partial charge in [0.05, 0.1) is 16.6 Å². The molecule has 0 amide bonds. The van der Waals surface area contributed by atoms with Crippen LogP contribution in [0.2, 0.25) is 5.02 Å². The number of carbonyl (C=O) groups is 2. The van der Waals surface area contributed by atoms with Crippen LogP contribution in [0.5, 0.6) is 5.75 Å². The van der Waals surface area contributed by atoms with Crippen LogP contribution in [0.1, 0.15) is 53.1 Å². The number of rotatable bonds is 3. The summed E-state index contributed by atoms with van der Waals surface area (Å²) >= 11 is 5.74. The molecule has 1 aliphatic rings. The second-order valence-corrected chi connectivity index (χ2v) is 7.40. The van der Waals surface area contributed by atoms with Crippen molar-refractivity contribution in [2.24, 2.45) is 5.73 Å². The molecule has 2 aromatic rings. The fourth-order valence-corrected chi connectivity index (χ4v) is 3.26. The Labute approximate surface area is 161 Å². The number of hydrogen-bond donors (Lipinski definition) is 1. The number of esters is 1. The average Bonchev–Trinajstić information content (AvgIpc) is 2.60. The number of halogens is 2. The van der Waals surface area contributed by atoms with E-state index in [1.54, 1.807) is 32.0 Å². The number of ketones is 1. The molecule has 2 N–H and O–H groups in total. The summed E-state index contributed by atoms with van der Waals surface area (Å²) in [6.07, 6.45) is -0.830. The predicted molar refractivity (Wildman–Crippen MR) is 98.7 cm³/mol. The largest absolute Gasteiger partial charge is 0.484 e. The van der Waals surface area contributed by atoms with E-state index in [2.05, 4.69) is 0 Å². The average molecular weight is 392 g/mol. The van der Waals surface area contributed by atoms with Crippen molar-refractivity contribution >= 4 is 23.4 Å². The van der Waals surface area contributed by atoms with Gasteiger partial charge in [-0.25, -0.2) is 9.18 Å². The molecule has 0 aromatic heterocycles. The highest BCUT2D eigenvalue weighted by atomic mass is 35.5. The molecule has 27 heavy (non-hydrogen) atoms. The van der Waals surface area contributed by atoms with E-state index < -0.39 is 29.5 Å². The molecule has 0 saturated heterocycles. The maximum Gasteiger partial charge on any atom is 0.338 e. The van der Waals surface area contributed by atoms with Crippen LogP contribution in [0.3, 0.4) is 0 Å². The maximum absolute atomic E-state index is 13.3. The van der Waals surface area contributed by atoms with Crippen LogP contribution in [0.25, 0.3) is 0 Å². The van der Waals surface area contributed by atoms with E-state index in [1.165, 1.54) is 19.1 Å². The Morgan fingerprint density at radius 1 is 1.19 bits per heavy atom. The zero-order valence-corrected chi connectivity index (χ0v) is 15.8. The fourth-order valence-electron chi connectivity index (χ4n) is 3.08. The highest BCUT2D eigenvalue weighted by molar-refractivity contribution is 6.31. The summed E-state index contributed by atoms with van der Waals surface area (Å²) < 4.78 is 24.9. The number of fused-ring (bicyclic) bond motifs is 1. The Hall–Kier alpha value is -2.44. The van der Waals surface area contributed by atoms with E-state index in [9.17, 15) is 14.0 Å². The third-order valence-corrected chi connectivity index (χ3v) is 4.84. The quantitative estimate of drug-likeness (QED) is 0.630. The summed E-state index contributed by atoms with van der Waals surface area (Å²) in [5, 5.41) is -0.177. The first-order valence-electron chi connectivity index (χ1n) is 8.35. The van der Waals surface area contributed by atoms with Gasteiger partial charge in [-0.2, -0.15) is 0 Å². The summed E-state index contributed by atoms with van der Waals surface area (Å²) in [7, 11) is 0. The van der Waals surface area contributed by atoms with Crippen LogP contribution < -0.4 is 10.5 Å². The van der Waals surface area contributed by atoms with Gasteiger partial charge in [0.15, 0.2) is 11.9 Å². The molecule has 0 radical (unpaired) electrons. The normalized spacial score (nSPS) is 20.4. The Kier molecular flexibility index (Phi) is 4.97. The number of Topliss-reactive ketones (excluding diaryl/α,β-unsaturated/α-hetero) is 1. The van der Waals surface area contributed by atoms with Gasteiger partial charge in [-0.15, -0.1) is 0 Å². The first-order chi connectivity index (χ1) is 12.6. The zero-order chi connectivity index (χ0) is 19.9. The van der Waals surface area contributed by atoms with Gasteiger partial charge in [0.2, 0.25) is 0 Å². The standard InChI is InChI=1S/C20H19ClFNO4/c1-10(24)11-5-7-16-13(8-11)17(23)18(20(2,3)27-16)26-19(25)12-4-6-15(22)14(21)9-12/h4-9,17-18H,23H2,1-3H3. The first kappa shape index (κ1) is 19.3. The Balaban J connectivity index is 1.92. The van der Waals surface area contributed by atoms with Crippen LogP contribution in [0.4, 0.5) is 4.39 Å². The smallest absolute Gasteiger partial charge is 0.338 e. The minimum absolute atomic E-state index is 0.104.